The average molecular weight is 1600 g/mol. The van der Waals surface area contributed by atoms with Gasteiger partial charge in [-0.2, -0.15) is 5.26 Å². The number of aromatic amines is 4. The molecule has 0 saturated carbocycles. The zero-order valence-electron chi connectivity index (χ0n) is 64.8. The van der Waals surface area contributed by atoms with Gasteiger partial charge in [-0.15, -0.1) is 11.3 Å². The molecule has 4 aromatic heterocycles. The number of aliphatic hydroxyl groups excluding tert-OH is 1. The summed E-state index contributed by atoms with van der Waals surface area (Å²) in [6, 6.07) is 37.5. The second-order valence-electron chi connectivity index (χ2n) is 29.8. The molecule has 0 spiro atoms. The SMILES string of the molecule is Fc1ccc2c(c1)CC[C@@H]2Cc1cnc[nH]1.N#CC[C@H]1CCc2cc(F)ccc21.O=C(O)C1CCc2cc(F)ccc21.O=C(O)[C@H]1CCc2cc(F)ccc21.O=C1c2ccsc2CCC1Cc1cnc[nH]1.O=CC[C@H]1CCc2cc(F)ccc21.O=c1[nH]cc(C[C@H]2CCc3cc(F)ccc32)[nH]1.OC[C@H]1CCc2cc(F)ccc21.[B].[H-].[Na+]. The molecule has 7 aromatic carbocycles. The van der Waals surface area contributed by atoms with Crippen molar-refractivity contribution in [2.45, 2.75) is 176 Å². The van der Waals surface area contributed by atoms with Crippen LogP contribution in [0, 0.1) is 58.0 Å². The Morgan fingerprint density at radius 3 is 1.20 bits per heavy atom. The topological polar surface area (TPSA) is 259 Å². The van der Waals surface area contributed by atoms with Gasteiger partial charge in [0, 0.05) is 85.8 Å². The van der Waals surface area contributed by atoms with Crippen LogP contribution < -0.4 is 35.2 Å². The van der Waals surface area contributed by atoms with E-state index < -0.39 is 23.8 Å². The maximum Gasteiger partial charge on any atom is 1.00 e. The molecule has 2 unspecified atom stereocenters. The molecule has 0 saturated heterocycles. The fourth-order valence-electron chi connectivity index (χ4n) is 17.0. The Morgan fingerprint density at radius 2 is 0.817 bits per heavy atom. The number of imidazole rings is 3. The van der Waals surface area contributed by atoms with E-state index in [-0.39, 0.29) is 104 Å². The molecule has 591 valence electrons. The number of fused-ring (bicyclic) bond motifs is 8. The number of hydrogen-bond donors (Lipinski definition) is 7. The van der Waals surface area contributed by atoms with Crippen LogP contribution in [0.1, 0.15) is 217 Å². The third-order valence-corrected chi connectivity index (χ3v) is 23.7. The first-order valence-corrected chi connectivity index (χ1v) is 39.2. The molecule has 11 aromatic rings. The standard InChI is InChI=1S/C13H13FN2O.C13H13FN2.C12H12N2OS.C11H10FN.C11H11FO.2C10H9FO2.C10H11FO.B.Na.H/c14-10-3-4-12-8(5-10)1-2-9(12)6-11-7-15-13(17)16-11;14-11-3-4-13-9(5-11)1-2-10(13)6-12-7-15-8-16-12;15-12-8(5-9-6-13-7-14-9)1-2-11-10(12)3-4-16-11;2*12-10-3-4-11-8(5-6-13)1-2-9(11)7-10;2*11-7-2-4-8-6(5-7)1-3-9(8)10(12)13;11-9-3-4-10-7(5-9)1-2-8(10)6-12;;;/h3-5,7,9H,1-2,6H2,(H2,15,16,17);3-5,7-8,10H,1-2,6H2,(H,15,16);3-4,6-8H,1-2,5H2,(H,13,14);3-4,7-8H,1-2,5H2;3-4,6-8H,1-2,5H2;2*2,4-5,9H,1,3H2,(H,12,13);3-5,8,12H,1-2,6H2;;;/q;;;;;;;;;+1;-1/t9-;10-;;2*8-;9-;;8-;;;/m11.110.1.../s1. The number of carboxylic acid groups (broad SMARTS) is 2. The van der Waals surface area contributed by atoms with Crippen LogP contribution in [-0.2, 0) is 85.0 Å². The van der Waals surface area contributed by atoms with Crippen molar-refractivity contribution in [2.75, 3.05) is 6.61 Å². The summed E-state index contributed by atoms with van der Waals surface area (Å²) in [5.74, 6) is -1.66. The monoisotopic (exact) mass is 1590 g/mol. The van der Waals surface area contributed by atoms with E-state index in [0.717, 1.165) is 181 Å². The number of halogens is 7. The maximum absolute atomic E-state index is 13.1. The summed E-state index contributed by atoms with van der Waals surface area (Å²) in [6.07, 6.45) is 27.6. The fourth-order valence-corrected chi connectivity index (χ4v) is 17.9. The quantitative estimate of drug-likeness (QED) is 0.0344. The van der Waals surface area contributed by atoms with E-state index in [2.05, 4.69) is 36.0 Å². The molecule has 8 aliphatic carbocycles. The number of ketones is 1. The molecule has 19 rings (SSSR count). The summed E-state index contributed by atoms with van der Waals surface area (Å²) < 4.78 is 89.9. The molecule has 115 heavy (non-hydrogen) atoms. The summed E-state index contributed by atoms with van der Waals surface area (Å²) in [5, 5.41) is 37.3. The summed E-state index contributed by atoms with van der Waals surface area (Å²) in [7, 11) is 0. The fraction of sp³-hybridized carbons (Fsp3) is 0.333. The van der Waals surface area contributed by atoms with Crippen molar-refractivity contribution in [3.63, 3.8) is 0 Å². The number of H-pyrrole nitrogens is 4. The molecule has 0 fully saturated rings. The van der Waals surface area contributed by atoms with Crippen molar-refractivity contribution >= 4 is 43.8 Å². The summed E-state index contributed by atoms with van der Waals surface area (Å²) >= 11 is 1.70. The summed E-state index contributed by atoms with van der Waals surface area (Å²) in [4.78, 5) is 75.8. The van der Waals surface area contributed by atoms with Crippen molar-refractivity contribution in [1.82, 2.24) is 29.9 Å². The smallest absolute Gasteiger partial charge is 1.00 e. The Labute approximate surface area is 692 Å². The van der Waals surface area contributed by atoms with Crippen LogP contribution in [0.2, 0.25) is 0 Å². The van der Waals surface area contributed by atoms with Crippen molar-refractivity contribution in [3.8, 4) is 6.07 Å². The van der Waals surface area contributed by atoms with Gasteiger partial charge in [-0.1, -0.05) is 42.5 Å². The Balaban J connectivity index is 0.000000151. The first-order chi connectivity index (χ1) is 54.7. The van der Waals surface area contributed by atoms with Gasteiger partial charge in [0.05, 0.1) is 30.6 Å². The number of nitrogens with one attached hydrogen (secondary N) is 4. The third kappa shape index (κ3) is 22.8. The van der Waals surface area contributed by atoms with Gasteiger partial charge in [0.25, 0.3) is 0 Å². The number of nitriles is 1. The molecular weight excluding hydrogens is 1510 g/mol. The third-order valence-electron chi connectivity index (χ3n) is 22.7. The first-order valence-electron chi connectivity index (χ1n) is 38.4. The molecule has 8 aliphatic rings. The summed E-state index contributed by atoms with van der Waals surface area (Å²) in [5.41, 5.74) is 18.6. The number of thiophene rings is 1. The number of carbonyl (C=O) groups excluding carboxylic acids is 2. The number of carbonyl (C=O) groups is 4. The molecule has 0 bridgehead atoms. The molecule has 0 aliphatic heterocycles. The van der Waals surface area contributed by atoms with Crippen molar-refractivity contribution in [2.24, 2.45) is 5.92 Å². The van der Waals surface area contributed by atoms with Crippen LogP contribution in [-0.4, -0.2) is 84.3 Å². The second-order valence-corrected chi connectivity index (χ2v) is 30.8. The van der Waals surface area contributed by atoms with E-state index in [9.17, 15) is 54.7 Å². The first kappa shape index (κ1) is 87.4. The minimum absolute atomic E-state index is 0. The van der Waals surface area contributed by atoms with Crippen LogP contribution >= 0.6 is 11.3 Å². The Bertz CT molecular complexity index is 5180. The number of aldehydes is 1. The molecule has 4 heterocycles. The number of Topliss-reactive ketones (excluding diaryl/α,β-unsaturated/α-hetero) is 1. The van der Waals surface area contributed by atoms with Gasteiger partial charge in [0.15, 0.2) is 5.78 Å². The van der Waals surface area contributed by atoms with Gasteiger partial charge >= 0.3 is 47.2 Å². The largest absolute Gasteiger partial charge is 1.00 e. The Morgan fingerprint density at radius 1 is 0.470 bits per heavy atom. The van der Waals surface area contributed by atoms with Crippen LogP contribution in [0.4, 0.5) is 30.7 Å². The average Bonchev–Trinajstić information content (AvgIpc) is 1.71. The van der Waals surface area contributed by atoms with Crippen molar-refractivity contribution < 1.29 is 96.2 Å². The van der Waals surface area contributed by atoms with Gasteiger partial charge in [-0.3, -0.25) is 14.4 Å². The van der Waals surface area contributed by atoms with E-state index in [1.54, 1.807) is 91.0 Å². The van der Waals surface area contributed by atoms with Crippen LogP contribution in [0.3, 0.4) is 0 Å². The number of hydrogen-bond acceptors (Lipinski definition) is 10. The van der Waals surface area contributed by atoms with E-state index in [1.165, 1.54) is 75.7 Å². The van der Waals surface area contributed by atoms with Gasteiger partial charge < -0.3 is 41.5 Å². The van der Waals surface area contributed by atoms with Crippen LogP contribution in [0.5, 0.6) is 0 Å². The molecule has 7 N–H and O–H groups in total. The molecule has 8 atom stereocenters. The molecule has 3 radical (unpaired) electrons. The van der Waals surface area contributed by atoms with Crippen molar-refractivity contribution in [3.05, 3.63) is 327 Å². The zero-order valence-corrected chi connectivity index (χ0v) is 66.6. The number of benzene rings is 7. The maximum atomic E-state index is 13.1. The van der Waals surface area contributed by atoms with E-state index in [0.29, 0.717) is 68.0 Å². The number of aryl methyl sites for hydroxylation is 8. The van der Waals surface area contributed by atoms with Gasteiger partial charge in [-0.05, 0) is 320 Å². The molecule has 0 amide bonds. The Hall–Kier alpha value is -10.0. The normalized spacial score (nSPS) is 19.2. The van der Waals surface area contributed by atoms with Crippen LogP contribution in [0.25, 0.3) is 0 Å². The summed E-state index contributed by atoms with van der Waals surface area (Å²) in [6.45, 7) is 0.179. The molecular formula is C90H89BF7N7NaO8S. The minimum Gasteiger partial charge on any atom is -1.00 e. The van der Waals surface area contributed by atoms with Crippen LogP contribution in [0.15, 0.2) is 175 Å². The molecule has 25 heteroatoms. The minimum atomic E-state index is -0.814. The van der Waals surface area contributed by atoms with Gasteiger partial charge in [0.2, 0.25) is 0 Å². The predicted octanol–water partition coefficient (Wildman–Crippen LogP) is 15.1. The van der Waals surface area contributed by atoms with E-state index in [1.807, 2.05) is 41.9 Å². The number of aliphatic hydroxyl groups is 1. The van der Waals surface area contributed by atoms with E-state index >= 15 is 0 Å². The number of nitrogens with zero attached hydrogens (tertiary/aromatic N) is 3. The number of carboxylic acids is 2. The Kier molecular flexibility index (Phi) is 31.5. The number of aromatic nitrogens is 6. The zero-order chi connectivity index (χ0) is 79.7. The number of rotatable bonds is 12. The van der Waals surface area contributed by atoms with Crippen molar-refractivity contribution in [1.29, 1.82) is 5.26 Å². The second kappa shape index (κ2) is 41.5. The van der Waals surface area contributed by atoms with Gasteiger partial charge in [0.1, 0.15) is 47.0 Å². The number of aliphatic carboxylic acids is 2. The van der Waals surface area contributed by atoms with E-state index in [4.69, 9.17) is 20.6 Å². The molecule has 15 nitrogen and oxygen atoms in total. The predicted molar refractivity (Wildman–Crippen MR) is 423 cm³/mol. The van der Waals surface area contributed by atoms with Gasteiger partial charge in [-0.25, -0.2) is 45.5 Å².